The highest BCUT2D eigenvalue weighted by Crippen LogP contribution is 2.39. The third-order valence-electron chi connectivity index (χ3n) is 4.19. The van der Waals surface area contributed by atoms with E-state index in [1.54, 1.807) is 0 Å². The van der Waals surface area contributed by atoms with Crippen LogP contribution in [0.25, 0.3) is 10.6 Å². The van der Waals surface area contributed by atoms with Gasteiger partial charge in [-0.1, -0.05) is 17.7 Å². The summed E-state index contributed by atoms with van der Waals surface area (Å²) in [6.45, 7) is 6.56. The molecule has 3 rings (SSSR count). The maximum Gasteiger partial charge on any atom is 0.124 e. The third-order valence-corrected chi connectivity index (χ3v) is 5.34. The standard InChI is InChI=1S/C17H22N2S/c1-10-8-11(2)15(12(3)9-10)17-19-16-13(18-4)6-5-7-14(16)20-17/h8-9,13,18H,5-7H2,1-4H3. The zero-order valence-electron chi connectivity index (χ0n) is 12.7. The summed E-state index contributed by atoms with van der Waals surface area (Å²) in [5.41, 5.74) is 6.64. The fraction of sp³-hybridized carbons (Fsp3) is 0.471. The Labute approximate surface area is 125 Å². The summed E-state index contributed by atoms with van der Waals surface area (Å²) in [6.07, 6.45) is 3.67. The van der Waals surface area contributed by atoms with Crippen molar-refractivity contribution in [2.75, 3.05) is 7.05 Å². The van der Waals surface area contributed by atoms with E-state index in [9.17, 15) is 0 Å². The van der Waals surface area contributed by atoms with E-state index in [0.717, 1.165) is 0 Å². The third kappa shape index (κ3) is 2.29. The Kier molecular flexibility index (Phi) is 3.65. The molecular weight excluding hydrogens is 264 g/mol. The van der Waals surface area contributed by atoms with E-state index in [4.69, 9.17) is 4.98 Å². The molecule has 0 radical (unpaired) electrons. The number of benzene rings is 1. The predicted octanol–water partition coefficient (Wildman–Crippen LogP) is 4.33. The van der Waals surface area contributed by atoms with Crippen molar-refractivity contribution in [3.63, 3.8) is 0 Å². The van der Waals surface area contributed by atoms with Crippen LogP contribution in [0.15, 0.2) is 12.1 Å². The molecule has 0 amide bonds. The molecule has 1 aliphatic rings. The van der Waals surface area contributed by atoms with Gasteiger partial charge in [-0.2, -0.15) is 0 Å². The Morgan fingerprint density at radius 2 is 1.90 bits per heavy atom. The first kappa shape index (κ1) is 13.8. The lowest BCUT2D eigenvalue weighted by Gasteiger charge is -2.19. The summed E-state index contributed by atoms with van der Waals surface area (Å²) in [5, 5.41) is 4.61. The highest BCUT2D eigenvalue weighted by molar-refractivity contribution is 7.15. The van der Waals surface area contributed by atoms with Gasteiger partial charge in [-0.05, 0) is 58.2 Å². The van der Waals surface area contributed by atoms with Crippen LogP contribution in [0, 0.1) is 20.8 Å². The molecule has 1 heterocycles. The normalized spacial score (nSPS) is 18.1. The topological polar surface area (TPSA) is 24.9 Å². The maximum atomic E-state index is 4.98. The monoisotopic (exact) mass is 286 g/mol. The van der Waals surface area contributed by atoms with Gasteiger partial charge in [0.05, 0.1) is 11.7 Å². The van der Waals surface area contributed by atoms with Crippen LogP contribution in [0.3, 0.4) is 0 Å². The van der Waals surface area contributed by atoms with Crippen molar-refractivity contribution < 1.29 is 0 Å². The molecule has 106 valence electrons. The van der Waals surface area contributed by atoms with Crippen LogP contribution >= 0.6 is 11.3 Å². The van der Waals surface area contributed by atoms with Gasteiger partial charge in [0.1, 0.15) is 5.01 Å². The number of thiazole rings is 1. The van der Waals surface area contributed by atoms with Gasteiger partial charge < -0.3 is 5.32 Å². The molecule has 1 aliphatic carbocycles. The van der Waals surface area contributed by atoms with Crippen LogP contribution in [-0.4, -0.2) is 12.0 Å². The molecule has 1 atom stereocenters. The lowest BCUT2D eigenvalue weighted by molar-refractivity contribution is 0.490. The average Bonchev–Trinajstić information content (AvgIpc) is 2.80. The smallest absolute Gasteiger partial charge is 0.124 e. The predicted molar refractivity (Wildman–Crippen MR) is 86.5 cm³/mol. The Morgan fingerprint density at radius 1 is 1.20 bits per heavy atom. The van der Waals surface area contributed by atoms with E-state index < -0.39 is 0 Å². The van der Waals surface area contributed by atoms with Gasteiger partial charge in [0.2, 0.25) is 0 Å². The minimum absolute atomic E-state index is 0.440. The lowest BCUT2D eigenvalue weighted by Crippen LogP contribution is -2.21. The number of hydrogen-bond donors (Lipinski definition) is 1. The zero-order chi connectivity index (χ0) is 14.3. The molecular formula is C17H22N2S. The molecule has 0 aliphatic heterocycles. The Morgan fingerprint density at radius 3 is 2.55 bits per heavy atom. The summed E-state index contributed by atoms with van der Waals surface area (Å²) in [6, 6.07) is 4.96. The molecule has 1 aromatic heterocycles. The van der Waals surface area contributed by atoms with Gasteiger partial charge in [-0.3, -0.25) is 0 Å². The average molecular weight is 286 g/mol. The first-order valence-electron chi connectivity index (χ1n) is 7.35. The summed E-state index contributed by atoms with van der Waals surface area (Å²) in [4.78, 5) is 6.46. The summed E-state index contributed by atoms with van der Waals surface area (Å²) in [7, 11) is 2.04. The number of nitrogens with one attached hydrogen (secondary N) is 1. The van der Waals surface area contributed by atoms with E-state index in [0.29, 0.717) is 6.04 Å². The number of hydrogen-bond acceptors (Lipinski definition) is 3. The second-order valence-corrected chi connectivity index (χ2v) is 6.92. The minimum atomic E-state index is 0.440. The van der Waals surface area contributed by atoms with Crippen molar-refractivity contribution >= 4 is 11.3 Å². The van der Waals surface area contributed by atoms with Gasteiger partial charge in [0.25, 0.3) is 0 Å². The second kappa shape index (κ2) is 5.30. The fourth-order valence-corrected chi connectivity index (χ4v) is 4.66. The Balaban J connectivity index is 2.11. The molecule has 0 saturated heterocycles. The molecule has 2 aromatic rings. The van der Waals surface area contributed by atoms with E-state index >= 15 is 0 Å². The number of aromatic nitrogens is 1. The van der Waals surface area contributed by atoms with Crippen LogP contribution in [0.2, 0.25) is 0 Å². The van der Waals surface area contributed by atoms with Crippen LogP contribution in [0.4, 0.5) is 0 Å². The summed E-state index contributed by atoms with van der Waals surface area (Å²) < 4.78 is 0. The maximum absolute atomic E-state index is 4.98. The quantitative estimate of drug-likeness (QED) is 0.888. The molecule has 1 unspecified atom stereocenters. The number of nitrogens with zero attached hydrogens (tertiary/aromatic N) is 1. The molecule has 1 N–H and O–H groups in total. The van der Waals surface area contributed by atoms with E-state index in [-0.39, 0.29) is 0 Å². The van der Waals surface area contributed by atoms with E-state index in [2.05, 4.69) is 38.2 Å². The highest BCUT2D eigenvalue weighted by atomic mass is 32.1. The van der Waals surface area contributed by atoms with Crippen molar-refractivity contribution in [1.29, 1.82) is 0 Å². The number of rotatable bonds is 2. The van der Waals surface area contributed by atoms with Gasteiger partial charge in [0, 0.05) is 10.4 Å². The molecule has 0 bridgehead atoms. The second-order valence-electron chi connectivity index (χ2n) is 5.83. The van der Waals surface area contributed by atoms with Gasteiger partial charge in [-0.25, -0.2) is 4.98 Å². The summed E-state index contributed by atoms with van der Waals surface area (Å²) in [5.74, 6) is 0. The molecule has 0 saturated carbocycles. The van der Waals surface area contributed by atoms with Crippen molar-refractivity contribution in [2.45, 2.75) is 46.1 Å². The number of fused-ring (bicyclic) bond motifs is 1. The van der Waals surface area contributed by atoms with Crippen molar-refractivity contribution in [3.8, 4) is 10.6 Å². The van der Waals surface area contributed by atoms with Crippen molar-refractivity contribution in [3.05, 3.63) is 39.4 Å². The van der Waals surface area contributed by atoms with Gasteiger partial charge >= 0.3 is 0 Å². The first-order chi connectivity index (χ1) is 9.60. The largest absolute Gasteiger partial charge is 0.312 e. The molecule has 2 nitrogen and oxygen atoms in total. The molecule has 0 fully saturated rings. The van der Waals surface area contributed by atoms with Gasteiger partial charge in [-0.15, -0.1) is 11.3 Å². The summed E-state index contributed by atoms with van der Waals surface area (Å²) >= 11 is 1.89. The van der Waals surface area contributed by atoms with Gasteiger partial charge in [0.15, 0.2) is 0 Å². The number of aryl methyl sites for hydroxylation is 4. The highest BCUT2D eigenvalue weighted by Gasteiger charge is 2.24. The molecule has 0 spiro atoms. The zero-order valence-corrected chi connectivity index (χ0v) is 13.5. The van der Waals surface area contributed by atoms with Crippen LogP contribution in [0.5, 0.6) is 0 Å². The molecule has 3 heteroatoms. The SMILES string of the molecule is CNC1CCCc2sc(-c3c(C)cc(C)cc3C)nc21. The van der Waals surface area contributed by atoms with Crippen LogP contribution in [-0.2, 0) is 6.42 Å². The fourth-order valence-electron chi connectivity index (χ4n) is 3.32. The Bertz CT molecular complexity index is 619. The van der Waals surface area contributed by atoms with Crippen molar-refractivity contribution in [2.24, 2.45) is 0 Å². The van der Waals surface area contributed by atoms with Crippen LogP contribution in [0.1, 0.15) is 46.1 Å². The molecule has 20 heavy (non-hydrogen) atoms. The van der Waals surface area contributed by atoms with E-state index in [1.165, 1.54) is 57.1 Å². The first-order valence-corrected chi connectivity index (χ1v) is 8.17. The lowest BCUT2D eigenvalue weighted by atomic mass is 9.97. The minimum Gasteiger partial charge on any atom is -0.312 e. The van der Waals surface area contributed by atoms with Crippen LogP contribution < -0.4 is 5.32 Å². The van der Waals surface area contributed by atoms with Crippen molar-refractivity contribution in [1.82, 2.24) is 10.3 Å². The van der Waals surface area contributed by atoms with E-state index in [1.807, 2.05) is 18.4 Å². The Hall–Kier alpha value is -1.19. The molecule has 1 aromatic carbocycles.